The lowest BCUT2D eigenvalue weighted by Crippen LogP contribution is -2.00. The molecule has 4 heteroatoms. The number of hydrogen-bond acceptors (Lipinski definition) is 1. The van der Waals surface area contributed by atoms with Crippen LogP contribution in [-0.2, 0) is 0 Å². The van der Waals surface area contributed by atoms with Gasteiger partial charge in [-0.3, -0.25) is 4.79 Å². The van der Waals surface area contributed by atoms with E-state index in [4.69, 9.17) is 23.2 Å². The van der Waals surface area contributed by atoms with E-state index >= 15 is 0 Å². The first-order valence-corrected chi connectivity index (χ1v) is 9.06. The first kappa shape index (κ1) is 18.5. The quantitative estimate of drug-likeness (QED) is 0.367. The van der Waals surface area contributed by atoms with Crippen molar-refractivity contribution in [2.24, 2.45) is 0 Å². The second kappa shape index (κ2) is 7.53. The molecule has 132 valence electrons. The zero-order chi connectivity index (χ0) is 18.8. The van der Waals surface area contributed by atoms with Gasteiger partial charge in [-0.2, -0.15) is 0 Å². The van der Waals surface area contributed by atoms with Crippen LogP contribution < -0.4 is 0 Å². The number of carbonyl (C=O) groups is 1. The molecule has 0 aliphatic heterocycles. The van der Waals surface area contributed by atoms with E-state index in [1.54, 1.807) is 12.1 Å². The van der Waals surface area contributed by atoms with Crippen LogP contribution in [0.5, 0.6) is 0 Å². The van der Waals surface area contributed by atoms with Gasteiger partial charge in [-0.1, -0.05) is 53.0 Å². The maximum atomic E-state index is 12.4. The molecule has 3 aromatic rings. The largest absolute Gasteiger partial charge is 0.316 e. The number of benzene rings is 2. The molecule has 3 rings (SSSR count). The highest BCUT2D eigenvalue weighted by molar-refractivity contribution is 6.35. The molecular weight excluding hydrogens is 365 g/mol. The minimum Gasteiger partial charge on any atom is -0.316 e. The fourth-order valence-electron chi connectivity index (χ4n) is 2.97. The SMILES string of the molecule is Cc1ccc(C(=O)/C=C/c2cc(C)n(-c3ccc(Cl)cc3Cl)c2C)cc1. The van der Waals surface area contributed by atoms with Crippen LogP contribution in [0, 0.1) is 20.8 Å². The number of hydrogen-bond donors (Lipinski definition) is 0. The summed E-state index contributed by atoms with van der Waals surface area (Å²) in [4.78, 5) is 12.4. The number of nitrogens with zero attached hydrogens (tertiary/aromatic N) is 1. The van der Waals surface area contributed by atoms with Crippen LogP contribution in [0.2, 0.25) is 10.0 Å². The zero-order valence-corrected chi connectivity index (χ0v) is 16.4. The van der Waals surface area contributed by atoms with Crippen molar-refractivity contribution in [2.45, 2.75) is 20.8 Å². The molecule has 0 amide bonds. The summed E-state index contributed by atoms with van der Waals surface area (Å²) in [5, 5.41) is 1.19. The highest BCUT2D eigenvalue weighted by atomic mass is 35.5. The summed E-state index contributed by atoms with van der Waals surface area (Å²) in [6, 6.07) is 15.1. The number of allylic oxidation sites excluding steroid dienone is 1. The first-order chi connectivity index (χ1) is 12.4. The fourth-order valence-corrected chi connectivity index (χ4v) is 3.46. The minimum absolute atomic E-state index is 0.0145. The Morgan fingerprint density at radius 2 is 1.65 bits per heavy atom. The second-order valence-electron chi connectivity index (χ2n) is 6.32. The van der Waals surface area contributed by atoms with Gasteiger partial charge in [0.05, 0.1) is 10.7 Å². The highest BCUT2D eigenvalue weighted by Crippen LogP contribution is 2.29. The number of halogens is 2. The van der Waals surface area contributed by atoms with Crippen molar-refractivity contribution in [3.8, 4) is 5.69 Å². The Labute approximate surface area is 163 Å². The van der Waals surface area contributed by atoms with Gasteiger partial charge in [-0.25, -0.2) is 0 Å². The van der Waals surface area contributed by atoms with Crippen molar-refractivity contribution in [3.63, 3.8) is 0 Å². The third-order valence-corrected chi connectivity index (χ3v) is 4.91. The van der Waals surface area contributed by atoms with Gasteiger partial charge in [0.25, 0.3) is 0 Å². The third-order valence-electron chi connectivity index (χ3n) is 4.37. The van der Waals surface area contributed by atoms with Gasteiger partial charge in [-0.05, 0) is 62.8 Å². The number of aryl methyl sites for hydroxylation is 2. The van der Waals surface area contributed by atoms with E-state index in [1.807, 2.05) is 69.3 Å². The molecule has 0 atom stereocenters. The molecule has 0 fully saturated rings. The molecular formula is C22H19Cl2NO. The van der Waals surface area contributed by atoms with Crippen LogP contribution in [-0.4, -0.2) is 10.4 Å². The van der Waals surface area contributed by atoms with E-state index in [0.29, 0.717) is 15.6 Å². The molecule has 26 heavy (non-hydrogen) atoms. The lowest BCUT2D eigenvalue weighted by molar-refractivity contribution is 0.104. The van der Waals surface area contributed by atoms with E-state index in [1.165, 1.54) is 0 Å². The van der Waals surface area contributed by atoms with E-state index < -0.39 is 0 Å². The molecule has 2 aromatic carbocycles. The van der Waals surface area contributed by atoms with Crippen molar-refractivity contribution in [2.75, 3.05) is 0 Å². The van der Waals surface area contributed by atoms with Crippen LogP contribution in [0.1, 0.15) is 32.9 Å². The number of carbonyl (C=O) groups excluding carboxylic acids is 1. The Balaban J connectivity index is 1.92. The molecule has 0 spiro atoms. The minimum atomic E-state index is -0.0145. The molecule has 0 saturated carbocycles. The van der Waals surface area contributed by atoms with Gasteiger partial charge < -0.3 is 4.57 Å². The Morgan fingerprint density at radius 3 is 2.31 bits per heavy atom. The molecule has 1 aromatic heterocycles. The molecule has 0 saturated heterocycles. The summed E-state index contributed by atoms with van der Waals surface area (Å²) >= 11 is 12.4. The zero-order valence-electron chi connectivity index (χ0n) is 14.9. The molecule has 1 heterocycles. The average molecular weight is 384 g/mol. The summed E-state index contributed by atoms with van der Waals surface area (Å²) < 4.78 is 2.06. The monoisotopic (exact) mass is 383 g/mol. The molecule has 0 radical (unpaired) electrons. The van der Waals surface area contributed by atoms with Crippen LogP contribution in [0.3, 0.4) is 0 Å². The third kappa shape index (κ3) is 3.77. The van der Waals surface area contributed by atoms with Crippen molar-refractivity contribution in [1.82, 2.24) is 4.57 Å². The molecule has 0 bridgehead atoms. The van der Waals surface area contributed by atoms with Crippen LogP contribution in [0.4, 0.5) is 0 Å². The number of rotatable bonds is 4. The van der Waals surface area contributed by atoms with Crippen LogP contribution in [0.15, 0.2) is 54.6 Å². The van der Waals surface area contributed by atoms with Gasteiger partial charge in [-0.15, -0.1) is 0 Å². The van der Waals surface area contributed by atoms with E-state index in [9.17, 15) is 4.79 Å². The Hall–Kier alpha value is -2.29. The molecule has 2 nitrogen and oxygen atoms in total. The predicted molar refractivity (Wildman–Crippen MR) is 110 cm³/mol. The van der Waals surface area contributed by atoms with E-state index in [0.717, 1.165) is 28.2 Å². The summed E-state index contributed by atoms with van der Waals surface area (Å²) in [5.74, 6) is -0.0145. The van der Waals surface area contributed by atoms with Crippen molar-refractivity contribution < 1.29 is 4.79 Å². The van der Waals surface area contributed by atoms with Gasteiger partial charge in [0.15, 0.2) is 5.78 Å². The molecule has 0 unspecified atom stereocenters. The maximum Gasteiger partial charge on any atom is 0.185 e. The summed E-state index contributed by atoms with van der Waals surface area (Å²) in [7, 11) is 0. The molecule has 0 aliphatic carbocycles. The molecule has 0 aliphatic rings. The summed E-state index contributed by atoms with van der Waals surface area (Å²) in [6.07, 6.45) is 3.46. The second-order valence-corrected chi connectivity index (χ2v) is 7.16. The van der Waals surface area contributed by atoms with Gasteiger partial charge >= 0.3 is 0 Å². The number of ketones is 1. The standard InChI is InChI=1S/C22H19Cl2NO/c1-14-4-6-17(7-5-14)22(26)11-8-18-12-15(2)25(16(18)3)21-10-9-19(23)13-20(21)24/h4-13H,1-3H3/b11-8+. The van der Waals surface area contributed by atoms with Crippen LogP contribution in [0.25, 0.3) is 11.8 Å². The topological polar surface area (TPSA) is 22.0 Å². The maximum absolute atomic E-state index is 12.4. The normalized spacial score (nSPS) is 11.3. The Morgan fingerprint density at radius 1 is 0.962 bits per heavy atom. The van der Waals surface area contributed by atoms with E-state index in [2.05, 4.69) is 4.57 Å². The molecule has 0 N–H and O–H groups in total. The van der Waals surface area contributed by atoms with Gasteiger partial charge in [0.1, 0.15) is 0 Å². The van der Waals surface area contributed by atoms with Crippen molar-refractivity contribution in [1.29, 1.82) is 0 Å². The average Bonchev–Trinajstić information content (AvgIpc) is 2.88. The smallest absolute Gasteiger partial charge is 0.185 e. The van der Waals surface area contributed by atoms with Crippen LogP contribution >= 0.6 is 23.2 Å². The lowest BCUT2D eigenvalue weighted by atomic mass is 10.1. The van der Waals surface area contributed by atoms with Gasteiger partial charge in [0.2, 0.25) is 0 Å². The number of aromatic nitrogens is 1. The highest BCUT2D eigenvalue weighted by Gasteiger charge is 2.12. The Kier molecular flexibility index (Phi) is 5.36. The van der Waals surface area contributed by atoms with Crippen molar-refractivity contribution >= 4 is 35.1 Å². The summed E-state index contributed by atoms with van der Waals surface area (Å²) in [6.45, 7) is 6.02. The first-order valence-electron chi connectivity index (χ1n) is 8.30. The fraction of sp³-hybridized carbons (Fsp3) is 0.136. The lowest BCUT2D eigenvalue weighted by Gasteiger charge is -2.11. The van der Waals surface area contributed by atoms with E-state index in [-0.39, 0.29) is 5.78 Å². The van der Waals surface area contributed by atoms with Crippen molar-refractivity contribution in [3.05, 3.63) is 92.7 Å². The Bertz CT molecular complexity index is 998. The van der Waals surface area contributed by atoms with Gasteiger partial charge in [0, 0.05) is 22.0 Å². The summed E-state index contributed by atoms with van der Waals surface area (Å²) in [5.41, 5.74) is 5.72. The predicted octanol–water partition coefficient (Wildman–Crippen LogP) is 6.61.